The summed E-state index contributed by atoms with van der Waals surface area (Å²) < 4.78 is 60.1. The van der Waals surface area contributed by atoms with Crippen LogP contribution in [0.25, 0.3) is 10.2 Å². The third-order valence-electron chi connectivity index (χ3n) is 6.20. The molecule has 0 saturated carbocycles. The van der Waals surface area contributed by atoms with Crippen LogP contribution < -0.4 is 4.80 Å². The molecule has 0 aliphatic carbocycles. The Balaban J connectivity index is 1.96. The van der Waals surface area contributed by atoms with Crippen molar-refractivity contribution < 1.29 is 26.4 Å². The van der Waals surface area contributed by atoms with E-state index in [9.17, 15) is 21.6 Å². The molecule has 0 atom stereocenters. The van der Waals surface area contributed by atoms with E-state index >= 15 is 0 Å². The molecule has 0 spiro atoms. The summed E-state index contributed by atoms with van der Waals surface area (Å²) in [4.78, 5) is 18.2. The highest BCUT2D eigenvalue weighted by molar-refractivity contribution is 7.90. The number of fused-ring (bicyclic) bond motifs is 1. The number of carbonyl (C=O) groups excluding carboxylic acids is 1. The summed E-state index contributed by atoms with van der Waals surface area (Å²) in [6.07, 6.45) is 4.50. The van der Waals surface area contributed by atoms with Crippen molar-refractivity contribution in [2.45, 2.75) is 62.8 Å². The van der Waals surface area contributed by atoms with Crippen molar-refractivity contribution in [2.24, 2.45) is 4.99 Å². The molecule has 39 heavy (non-hydrogen) atoms. The first kappa shape index (κ1) is 31.2. The fraction of sp³-hybridized carbons (Fsp3) is 0.481. The number of sulfonamides is 1. The molecule has 9 nitrogen and oxygen atoms in total. The van der Waals surface area contributed by atoms with Crippen LogP contribution in [0.4, 0.5) is 0 Å². The molecule has 0 N–H and O–H groups in total. The van der Waals surface area contributed by atoms with Gasteiger partial charge in [-0.25, -0.2) is 16.8 Å². The van der Waals surface area contributed by atoms with Gasteiger partial charge in [0.1, 0.15) is 0 Å². The van der Waals surface area contributed by atoms with Crippen molar-refractivity contribution in [3.05, 3.63) is 52.8 Å². The number of rotatable bonds is 14. The first-order valence-electron chi connectivity index (χ1n) is 13.1. The number of thiazole rings is 1. The van der Waals surface area contributed by atoms with Gasteiger partial charge in [0, 0.05) is 38.1 Å². The summed E-state index contributed by atoms with van der Waals surface area (Å²) in [7, 11) is -7.07. The molecular weight excluding hydrogens is 559 g/mol. The molecule has 214 valence electrons. The zero-order valence-corrected chi connectivity index (χ0v) is 25.4. The van der Waals surface area contributed by atoms with E-state index in [4.69, 9.17) is 4.74 Å². The standard InChI is InChI=1S/C27H37N3O6S3/c1-5-8-16-29(17-9-6-2)39(34,35)22-12-10-21(11-13-22)26(31)28-27-30(18-19-36-7-3)24-15-14-23(38(4,32)33)20-25(24)37-27/h10-15,20H,5-9,16-19H2,1-4H3. The number of nitrogens with zero attached hydrogens (tertiary/aromatic N) is 3. The number of ether oxygens (including phenoxy) is 1. The van der Waals surface area contributed by atoms with Crippen LogP contribution in [0.1, 0.15) is 56.8 Å². The van der Waals surface area contributed by atoms with Crippen LogP contribution in [0.5, 0.6) is 0 Å². The van der Waals surface area contributed by atoms with E-state index in [1.807, 2.05) is 25.3 Å². The molecule has 0 saturated heterocycles. The fourth-order valence-electron chi connectivity index (χ4n) is 3.98. The maximum absolute atomic E-state index is 13.2. The molecule has 1 amide bonds. The second-order valence-corrected chi connectivity index (χ2v) is 14.2. The summed E-state index contributed by atoms with van der Waals surface area (Å²) in [5.74, 6) is -0.521. The van der Waals surface area contributed by atoms with Gasteiger partial charge in [-0.1, -0.05) is 38.0 Å². The number of sulfone groups is 1. The number of carbonyl (C=O) groups is 1. The molecular formula is C27H37N3O6S3. The molecule has 0 bridgehead atoms. The maximum Gasteiger partial charge on any atom is 0.279 e. The van der Waals surface area contributed by atoms with Crippen molar-refractivity contribution in [2.75, 3.05) is 32.6 Å². The quantitative estimate of drug-likeness (QED) is 0.254. The lowest BCUT2D eigenvalue weighted by molar-refractivity contribution is 0.0996. The molecule has 0 aliphatic heterocycles. The van der Waals surface area contributed by atoms with E-state index in [2.05, 4.69) is 4.99 Å². The van der Waals surface area contributed by atoms with Gasteiger partial charge in [-0.2, -0.15) is 9.30 Å². The van der Waals surface area contributed by atoms with Crippen LogP contribution in [0.2, 0.25) is 0 Å². The summed E-state index contributed by atoms with van der Waals surface area (Å²) >= 11 is 1.21. The molecule has 1 aromatic heterocycles. The first-order chi connectivity index (χ1) is 18.5. The van der Waals surface area contributed by atoms with E-state index in [1.165, 1.54) is 46.0 Å². The summed E-state index contributed by atoms with van der Waals surface area (Å²) in [6.45, 7) is 8.23. The molecule has 3 aromatic rings. The largest absolute Gasteiger partial charge is 0.380 e. The summed E-state index contributed by atoms with van der Waals surface area (Å²) in [6, 6.07) is 10.7. The molecule has 0 radical (unpaired) electrons. The van der Waals surface area contributed by atoms with E-state index in [1.54, 1.807) is 12.1 Å². The average molecular weight is 596 g/mol. The fourth-order valence-corrected chi connectivity index (χ4v) is 7.31. The van der Waals surface area contributed by atoms with Gasteiger partial charge < -0.3 is 9.30 Å². The maximum atomic E-state index is 13.2. The second-order valence-electron chi connectivity index (χ2n) is 9.19. The number of hydrogen-bond donors (Lipinski definition) is 0. The van der Waals surface area contributed by atoms with Crippen molar-refractivity contribution in [1.29, 1.82) is 0 Å². The Kier molecular flexibility index (Phi) is 11.0. The third kappa shape index (κ3) is 7.85. The van der Waals surface area contributed by atoms with Crippen molar-refractivity contribution in [1.82, 2.24) is 8.87 Å². The summed E-state index contributed by atoms with van der Waals surface area (Å²) in [5, 5.41) is 0. The third-order valence-corrected chi connectivity index (χ3v) is 10.3. The van der Waals surface area contributed by atoms with Crippen LogP contribution in [0.15, 0.2) is 57.2 Å². The van der Waals surface area contributed by atoms with E-state index in [0.717, 1.165) is 37.5 Å². The zero-order chi connectivity index (χ0) is 28.6. The number of benzene rings is 2. The number of amides is 1. The van der Waals surface area contributed by atoms with Crippen molar-refractivity contribution >= 4 is 47.3 Å². The van der Waals surface area contributed by atoms with Gasteiger partial charge >= 0.3 is 0 Å². The Bertz CT molecular complexity index is 1550. The van der Waals surface area contributed by atoms with Gasteiger partial charge in [0.05, 0.1) is 26.6 Å². The monoisotopic (exact) mass is 595 g/mol. The Hall–Kier alpha value is -2.38. The highest BCUT2D eigenvalue weighted by atomic mass is 32.2. The number of unbranched alkanes of at least 4 members (excludes halogenated alkanes) is 2. The lowest BCUT2D eigenvalue weighted by Gasteiger charge is -2.22. The van der Waals surface area contributed by atoms with Gasteiger partial charge in [-0.05, 0) is 62.2 Å². The van der Waals surface area contributed by atoms with Crippen LogP contribution in [0.3, 0.4) is 0 Å². The Labute approximate surface area is 235 Å². The normalized spacial score (nSPS) is 13.0. The molecule has 3 rings (SSSR count). The Morgan fingerprint density at radius 3 is 2.13 bits per heavy atom. The Morgan fingerprint density at radius 2 is 1.56 bits per heavy atom. The smallest absolute Gasteiger partial charge is 0.279 e. The number of aromatic nitrogens is 1. The molecule has 12 heteroatoms. The van der Waals surface area contributed by atoms with E-state index < -0.39 is 25.8 Å². The predicted octanol–water partition coefficient (Wildman–Crippen LogP) is 4.47. The SMILES string of the molecule is CCCCN(CCCC)S(=O)(=O)c1ccc(C(=O)N=c2sc3cc(S(C)(=O)=O)ccc3n2CCOCC)cc1. The van der Waals surface area contributed by atoms with Gasteiger partial charge in [0.25, 0.3) is 5.91 Å². The molecule has 2 aromatic carbocycles. The highest BCUT2D eigenvalue weighted by Crippen LogP contribution is 2.23. The van der Waals surface area contributed by atoms with Crippen LogP contribution in [-0.4, -0.2) is 64.2 Å². The molecule has 1 heterocycles. The summed E-state index contributed by atoms with van der Waals surface area (Å²) in [5.41, 5.74) is 1.01. The van der Waals surface area contributed by atoms with Crippen LogP contribution >= 0.6 is 11.3 Å². The predicted molar refractivity (Wildman–Crippen MR) is 154 cm³/mol. The van der Waals surface area contributed by atoms with Crippen LogP contribution in [-0.2, 0) is 31.1 Å². The van der Waals surface area contributed by atoms with Crippen LogP contribution in [0, 0.1) is 0 Å². The van der Waals surface area contributed by atoms with E-state index in [0.29, 0.717) is 42.3 Å². The Morgan fingerprint density at radius 1 is 0.949 bits per heavy atom. The minimum Gasteiger partial charge on any atom is -0.380 e. The van der Waals surface area contributed by atoms with Crippen molar-refractivity contribution in [3.8, 4) is 0 Å². The lowest BCUT2D eigenvalue weighted by atomic mass is 10.2. The molecule has 0 unspecified atom stereocenters. The van der Waals surface area contributed by atoms with Crippen molar-refractivity contribution in [3.63, 3.8) is 0 Å². The van der Waals surface area contributed by atoms with Gasteiger partial charge in [-0.15, -0.1) is 0 Å². The highest BCUT2D eigenvalue weighted by Gasteiger charge is 2.24. The molecule has 0 aliphatic rings. The van der Waals surface area contributed by atoms with E-state index in [-0.39, 0.29) is 15.4 Å². The van der Waals surface area contributed by atoms with Gasteiger partial charge in [0.15, 0.2) is 14.6 Å². The topological polar surface area (TPSA) is 115 Å². The number of hydrogen-bond acceptors (Lipinski definition) is 7. The van der Waals surface area contributed by atoms with Gasteiger partial charge in [0.2, 0.25) is 10.0 Å². The average Bonchev–Trinajstić information content (AvgIpc) is 3.24. The lowest BCUT2D eigenvalue weighted by Crippen LogP contribution is -2.33. The zero-order valence-electron chi connectivity index (χ0n) is 22.9. The second kappa shape index (κ2) is 13.8. The minimum absolute atomic E-state index is 0.146. The van der Waals surface area contributed by atoms with Gasteiger partial charge in [-0.3, -0.25) is 4.79 Å². The first-order valence-corrected chi connectivity index (χ1v) is 17.3. The minimum atomic E-state index is -3.67. The molecule has 0 fully saturated rings.